The van der Waals surface area contributed by atoms with Gasteiger partial charge in [0.15, 0.2) is 5.12 Å². The van der Waals surface area contributed by atoms with Crippen molar-refractivity contribution in [3.63, 3.8) is 0 Å². The molecule has 1 saturated carbocycles. The average molecular weight is 348 g/mol. The normalized spacial score (nSPS) is 15.2. The first-order valence-electron chi connectivity index (χ1n) is 9.17. The quantitative estimate of drug-likeness (QED) is 0.691. The van der Waals surface area contributed by atoms with Crippen LogP contribution in [0.1, 0.15) is 63.9 Å². The maximum atomic E-state index is 11.9. The van der Waals surface area contributed by atoms with Gasteiger partial charge in [-0.1, -0.05) is 56.0 Å². The van der Waals surface area contributed by atoms with Crippen LogP contribution in [-0.2, 0) is 16.0 Å². The third-order valence-corrected chi connectivity index (χ3v) is 5.46. The summed E-state index contributed by atoms with van der Waals surface area (Å²) in [5.41, 5.74) is 1.19. The van der Waals surface area contributed by atoms with Crippen molar-refractivity contribution in [2.24, 2.45) is 5.92 Å². The SMILES string of the molecule is CC(=O)Sc1ccc(CCNC(=O)CCCC2CCCCC2)cc1. The topological polar surface area (TPSA) is 46.2 Å². The summed E-state index contributed by atoms with van der Waals surface area (Å²) >= 11 is 1.25. The molecule has 1 aromatic carbocycles. The maximum Gasteiger partial charge on any atom is 0.220 e. The number of hydrogen-bond donors (Lipinski definition) is 1. The van der Waals surface area contributed by atoms with E-state index in [1.54, 1.807) is 6.92 Å². The second kappa shape index (κ2) is 10.5. The van der Waals surface area contributed by atoms with Crippen molar-refractivity contribution in [1.29, 1.82) is 0 Å². The molecule has 0 spiro atoms. The molecule has 0 radical (unpaired) electrons. The van der Waals surface area contributed by atoms with Crippen molar-refractivity contribution in [1.82, 2.24) is 5.32 Å². The van der Waals surface area contributed by atoms with E-state index in [9.17, 15) is 9.59 Å². The number of nitrogens with one attached hydrogen (secondary N) is 1. The van der Waals surface area contributed by atoms with E-state index in [4.69, 9.17) is 0 Å². The van der Waals surface area contributed by atoms with Crippen molar-refractivity contribution in [3.05, 3.63) is 29.8 Å². The molecule has 3 nitrogen and oxygen atoms in total. The Bertz CT molecular complexity index is 521. The third kappa shape index (κ3) is 7.52. The van der Waals surface area contributed by atoms with Gasteiger partial charge in [0.05, 0.1) is 0 Å². The van der Waals surface area contributed by atoms with Gasteiger partial charge in [0, 0.05) is 24.8 Å². The minimum atomic E-state index is 0.100. The fourth-order valence-corrected chi connectivity index (χ4v) is 3.96. The molecule has 0 atom stereocenters. The number of carbonyl (C=O) groups is 2. The minimum Gasteiger partial charge on any atom is -0.356 e. The molecule has 4 heteroatoms. The summed E-state index contributed by atoms with van der Waals surface area (Å²) in [5, 5.41) is 3.12. The monoisotopic (exact) mass is 347 g/mol. The number of rotatable bonds is 8. The third-order valence-electron chi connectivity index (χ3n) is 4.66. The first-order valence-corrected chi connectivity index (χ1v) is 9.99. The molecule has 2 rings (SSSR count). The molecule has 0 heterocycles. The van der Waals surface area contributed by atoms with Crippen LogP contribution < -0.4 is 5.32 Å². The molecule has 0 saturated heterocycles. The van der Waals surface area contributed by atoms with E-state index in [-0.39, 0.29) is 11.0 Å². The van der Waals surface area contributed by atoms with Crippen LogP contribution >= 0.6 is 11.8 Å². The van der Waals surface area contributed by atoms with Gasteiger partial charge in [-0.05, 0) is 42.9 Å². The van der Waals surface area contributed by atoms with Gasteiger partial charge in [0.25, 0.3) is 0 Å². The summed E-state index contributed by atoms with van der Waals surface area (Å²) in [4.78, 5) is 23.9. The fourth-order valence-electron chi connectivity index (χ4n) is 3.35. The lowest BCUT2D eigenvalue weighted by atomic mass is 9.86. The Morgan fingerprint density at radius 2 is 1.83 bits per heavy atom. The van der Waals surface area contributed by atoms with E-state index >= 15 is 0 Å². The van der Waals surface area contributed by atoms with E-state index in [2.05, 4.69) is 5.32 Å². The fraction of sp³-hybridized carbons (Fsp3) is 0.600. The van der Waals surface area contributed by atoms with Gasteiger partial charge in [0.1, 0.15) is 0 Å². The zero-order chi connectivity index (χ0) is 17.2. The summed E-state index contributed by atoms with van der Waals surface area (Å²) in [5.74, 6) is 1.03. The second-order valence-corrected chi connectivity index (χ2v) is 7.98. The van der Waals surface area contributed by atoms with Crippen LogP contribution in [0.3, 0.4) is 0 Å². The van der Waals surface area contributed by atoms with Crippen LogP contribution in [0.5, 0.6) is 0 Å². The maximum absolute atomic E-state index is 11.9. The van der Waals surface area contributed by atoms with Gasteiger partial charge in [-0.25, -0.2) is 0 Å². The first-order chi connectivity index (χ1) is 11.6. The molecule has 1 amide bonds. The van der Waals surface area contributed by atoms with Crippen LogP contribution in [0, 0.1) is 5.92 Å². The number of hydrogen-bond acceptors (Lipinski definition) is 3. The lowest BCUT2D eigenvalue weighted by Crippen LogP contribution is -2.25. The van der Waals surface area contributed by atoms with Crippen LogP contribution in [0.4, 0.5) is 0 Å². The largest absolute Gasteiger partial charge is 0.356 e. The molecular formula is C20H29NO2S. The summed E-state index contributed by atoms with van der Waals surface area (Å²) in [6.45, 7) is 2.25. The predicted molar refractivity (Wildman–Crippen MR) is 100 cm³/mol. The number of carbonyl (C=O) groups excluding carboxylic acids is 2. The molecule has 1 fully saturated rings. The van der Waals surface area contributed by atoms with Gasteiger partial charge in [-0.15, -0.1) is 0 Å². The van der Waals surface area contributed by atoms with Gasteiger partial charge >= 0.3 is 0 Å². The lowest BCUT2D eigenvalue weighted by molar-refractivity contribution is -0.121. The van der Waals surface area contributed by atoms with E-state index < -0.39 is 0 Å². The summed E-state index contributed by atoms with van der Waals surface area (Å²) in [6.07, 6.45) is 10.6. The van der Waals surface area contributed by atoms with Crippen molar-refractivity contribution < 1.29 is 9.59 Å². The molecule has 132 valence electrons. The van der Waals surface area contributed by atoms with Crippen LogP contribution in [-0.4, -0.2) is 17.6 Å². The van der Waals surface area contributed by atoms with E-state index in [1.165, 1.54) is 55.9 Å². The molecule has 0 aromatic heterocycles. The van der Waals surface area contributed by atoms with Gasteiger partial charge in [-0.2, -0.15) is 0 Å². The standard InChI is InChI=1S/C20H29NO2S/c1-16(22)24-19-12-10-18(11-13-19)14-15-21-20(23)9-5-8-17-6-3-2-4-7-17/h10-13,17H,2-9,14-15H2,1H3,(H,21,23). The van der Waals surface area contributed by atoms with Gasteiger partial charge < -0.3 is 5.32 Å². The highest BCUT2D eigenvalue weighted by Gasteiger charge is 2.13. The highest BCUT2D eigenvalue weighted by Crippen LogP contribution is 2.27. The zero-order valence-electron chi connectivity index (χ0n) is 14.7. The smallest absolute Gasteiger partial charge is 0.220 e. The number of thioether (sulfide) groups is 1. The Morgan fingerprint density at radius 1 is 1.12 bits per heavy atom. The molecule has 0 aliphatic heterocycles. The Morgan fingerprint density at radius 3 is 2.50 bits per heavy atom. The van der Waals surface area contributed by atoms with Gasteiger partial charge in [-0.3, -0.25) is 9.59 Å². The zero-order valence-corrected chi connectivity index (χ0v) is 15.5. The Kier molecular flexibility index (Phi) is 8.37. The molecule has 1 aliphatic carbocycles. The van der Waals surface area contributed by atoms with Crippen molar-refractivity contribution >= 4 is 22.8 Å². The summed E-state index contributed by atoms with van der Waals surface area (Å²) < 4.78 is 0. The van der Waals surface area contributed by atoms with Crippen LogP contribution in [0.2, 0.25) is 0 Å². The average Bonchev–Trinajstić information content (AvgIpc) is 2.57. The van der Waals surface area contributed by atoms with Crippen molar-refractivity contribution in [2.45, 2.75) is 69.6 Å². The van der Waals surface area contributed by atoms with Crippen molar-refractivity contribution in [3.8, 4) is 0 Å². The van der Waals surface area contributed by atoms with Crippen LogP contribution in [0.25, 0.3) is 0 Å². The molecule has 24 heavy (non-hydrogen) atoms. The highest BCUT2D eigenvalue weighted by atomic mass is 32.2. The minimum absolute atomic E-state index is 0.100. The number of benzene rings is 1. The summed E-state index contributed by atoms with van der Waals surface area (Å²) in [7, 11) is 0. The molecular weight excluding hydrogens is 318 g/mol. The predicted octanol–water partition coefficient (Wildman–Crippen LogP) is 4.73. The Hall–Kier alpha value is -1.29. The van der Waals surface area contributed by atoms with Crippen molar-refractivity contribution in [2.75, 3.05) is 6.54 Å². The molecule has 1 aromatic rings. The lowest BCUT2D eigenvalue weighted by Gasteiger charge is -2.21. The second-order valence-electron chi connectivity index (χ2n) is 6.73. The molecule has 0 bridgehead atoms. The molecule has 1 N–H and O–H groups in total. The highest BCUT2D eigenvalue weighted by molar-refractivity contribution is 8.13. The van der Waals surface area contributed by atoms with E-state index in [0.29, 0.717) is 13.0 Å². The summed E-state index contributed by atoms with van der Waals surface area (Å²) in [6, 6.07) is 7.99. The molecule has 0 unspecified atom stereocenters. The van der Waals surface area contributed by atoms with Gasteiger partial charge in [0.2, 0.25) is 5.91 Å². The first kappa shape index (κ1) is 19.0. The molecule has 1 aliphatic rings. The number of amides is 1. The van der Waals surface area contributed by atoms with E-state index in [0.717, 1.165) is 23.7 Å². The van der Waals surface area contributed by atoms with E-state index in [1.807, 2.05) is 24.3 Å². The Balaban J connectivity index is 1.57. The Labute approximate surface area is 150 Å². The van der Waals surface area contributed by atoms with Crippen LogP contribution in [0.15, 0.2) is 29.2 Å².